The number of hydrogen-bond acceptors (Lipinski definition) is 0. The second-order valence-electron chi connectivity index (χ2n) is 12.1. The summed E-state index contributed by atoms with van der Waals surface area (Å²) < 4.78 is 14.5. The number of benzene rings is 1. The van der Waals surface area contributed by atoms with Crippen LogP contribution in [0.1, 0.15) is 147 Å². The summed E-state index contributed by atoms with van der Waals surface area (Å²) in [6, 6.07) is 6.02. The molecule has 35 heavy (non-hydrogen) atoms. The Morgan fingerprint density at radius 1 is 0.686 bits per heavy atom. The molecule has 0 bridgehead atoms. The van der Waals surface area contributed by atoms with Gasteiger partial charge < -0.3 is 0 Å². The number of rotatable bonds is 16. The van der Waals surface area contributed by atoms with E-state index in [1.165, 1.54) is 115 Å². The van der Waals surface area contributed by atoms with Crippen molar-refractivity contribution in [3.05, 3.63) is 46.8 Å². The van der Waals surface area contributed by atoms with Crippen LogP contribution in [0.25, 0.3) is 0 Å². The van der Waals surface area contributed by atoms with E-state index in [1.807, 2.05) is 6.07 Å². The quantitative estimate of drug-likeness (QED) is 0.162. The molecule has 1 atom stereocenters. The Balaban J connectivity index is 1.28. The molecule has 1 unspecified atom stereocenters. The van der Waals surface area contributed by atoms with Crippen molar-refractivity contribution in [1.29, 1.82) is 0 Å². The molecule has 2 aliphatic carbocycles. The summed E-state index contributed by atoms with van der Waals surface area (Å²) in [7, 11) is 0. The van der Waals surface area contributed by atoms with Crippen LogP contribution in [-0.2, 0) is 12.8 Å². The zero-order valence-electron chi connectivity index (χ0n) is 23.3. The Kier molecular flexibility index (Phi) is 13.5. The highest BCUT2D eigenvalue weighted by atomic mass is 19.1. The average molecular weight is 483 g/mol. The molecule has 1 aromatic rings. The van der Waals surface area contributed by atoms with Crippen molar-refractivity contribution in [2.75, 3.05) is 0 Å². The van der Waals surface area contributed by atoms with Crippen molar-refractivity contribution in [3.63, 3.8) is 0 Å². The number of unbranched alkanes of at least 4 members (excludes halogenated alkanes) is 6. The van der Waals surface area contributed by atoms with Crippen LogP contribution in [0.15, 0.2) is 29.8 Å². The fourth-order valence-corrected chi connectivity index (χ4v) is 6.57. The highest BCUT2D eigenvalue weighted by Gasteiger charge is 2.22. The fourth-order valence-electron chi connectivity index (χ4n) is 6.57. The lowest BCUT2D eigenvalue weighted by Crippen LogP contribution is -2.16. The molecular weight excluding hydrogens is 427 g/mol. The van der Waals surface area contributed by atoms with Crippen LogP contribution in [0.4, 0.5) is 4.39 Å². The SMILES string of the molecule is CCCCCCc1ccc(CCC2=CCC(CC[C@H]3CC[C@H](CCCCCC)CC3)CC2)cc1F. The zero-order valence-corrected chi connectivity index (χ0v) is 23.3. The average Bonchev–Trinajstić information content (AvgIpc) is 2.89. The Morgan fingerprint density at radius 3 is 2.03 bits per heavy atom. The van der Waals surface area contributed by atoms with Crippen molar-refractivity contribution in [3.8, 4) is 0 Å². The van der Waals surface area contributed by atoms with Crippen molar-refractivity contribution in [2.24, 2.45) is 17.8 Å². The van der Waals surface area contributed by atoms with Crippen LogP contribution in [0.3, 0.4) is 0 Å². The highest BCUT2D eigenvalue weighted by Crippen LogP contribution is 2.37. The van der Waals surface area contributed by atoms with Gasteiger partial charge >= 0.3 is 0 Å². The first kappa shape index (κ1) is 28.5. The van der Waals surface area contributed by atoms with Gasteiger partial charge in [-0.25, -0.2) is 4.39 Å². The van der Waals surface area contributed by atoms with Gasteiger partial charge in [0.1, 0.15) is 5.82 Å². The third-order valence-corrected chi connectivity index (χ3v) is 9.18. The first-order valence-corrected chi connectivity index (χ1v) is 15.6. The lowest BCUT2D eigenvalue weighted by atomic mass is 9.76. The van der Waals surface area contributed by atoms with Crippen LogP contribution in [0.5, 0.6) is 0 Å². The second kappa shape index (κ2) is 16.6. The molecule has 0 radical (unpaired) electrons. The van der Waals surface area contributed by atoms with E-state index in [9.17, 15) is 4.39 Å². The Labute approximate surface area is 217 Å². The molecule has 0 amide bonds. The molecule has 1 fully saturated rings. The van der Waals surface area contributed by atoms with Gasteiger partial charge in [-0.2, -0.15) is 0 Å². The summed E-state index contributed by atoms with van der Waals surface area (Å²) in [5.41, 5.74) is 3.70. The van der Waals surface area contributed by atoms with Crippen molar-refractivity contribution in [2.45, 2.75) is 149 Å². The van der Waals surface area contributed by atoms with E-state index < -0.39 is 0 Å². The van der Waals surface area contributed by atoms with E-state index in [1.54, 1.807) is 11.6 Å². The topological polar surface area (TPSA) is 0 Å². The van der Waals surface area contributed by atoms with Gasteiger partial charge in [-0.15, -0.1) is 0 Å². The summed E-state index contributed by atoms with van der Waals surface area (Å²) in [5, 5.41) is 0. The number of aryl methyl sites for hydroxylation is 2. The third kappa shape index (κ3) is 10.8. The van der Waals surface area contributed by atoms with E-state index in [-0.39, 0.29) is 5.82 Å². The van der Waals surface area contributed by atoms with Crippen molar-refractivity contribution >= 4 is 0 Å². The van der Waals surface area contributed by atoms with Gasteiger partial charge in [0.05, 0.1) is 0 Å². The normalized spacial score (nSPS) is 22.8. The minimum Gasteiger partial charge on any atom is -0.207 e. The number of allylic oxidation sites excluding steroid dienone is 2. The van der Waals surface area contributed by atoms with Crippen LogP contribution < -0.4 is 0 Å². The largest absolute Gasteiger partial charge is 0.207 e. The molecule has 0 nitrogen and oxygen atoms in total. The van der Waals surface area contributed by atoms with Crippen molar-refractivity contribution < 1.29 is 4.39 Å². The molecule has 0 aromatic heterocycles. The first-order chi connectivity index (χ1) is 17.2. The van der Waals surface area contributed by atoms with E-state index >= 15 is 0 Å². The lowest BCUT2D eigenvalue weighted by molar-refractivity contribution is 0.234. The zero-order chi connectivity index (χ0) is 24.7. The maximum absolute atomic E-state index is 14.5. The summed E-state index contributed by atoms with van der Waals surface area (Å²) >= 11 is 0. The summed E-state index contributed by atoms with van der Waals surface area (Å²) in [6.45, 7) is 4.53. The van der Waals surface area contributed by atoms with Gasteiger partial charge in [-0.1, -0.05) is 121 Å². The number of halogens is 1. The van der Waals surface area contributed by atoms with Crippen LogP contribution in [-0.4, -0.2) is 0 Å². The maximum Gasteiger partial charge on any atom is 0.126 e. The van der Waals surface area contributed by atoms with Gasteiger partial charge in [0.2, 0.25) is 0 Å². The molecule has 198 valence electrons. The second-order valence-corrected chi connectivity index (χ2v) is 12.1. The van der Waals surface area contributed by atoms with Crippen LogP contribution in [0.2, 0.25) is 0 Å². The minimum atomic E-state index is 0.0159. The maximum atomic E-state index is 14.5. The van der Waals surface area contributed by atoms with Gasteiger partial charge in [0.15, 0.2) is 0 Å². The standard InChI is InChI=1S/C34H55F/c1-3-5-7-9-11-28-13-15-29(16-14-28)17-18-30-19-21-31(22-20-30)23-24-32-25-26-33(34(35)27-32)12-10-8-6-4-2/h21,25-30H,3-20,22-24H2,1-2H3/t28-,29-,30?. The van der Waals surface area contributed by atoms with Gasteiger partial charge in [-0.05, 0) is 86.3 Å². The Morgan fingerprint density at radius 2 is 1.37 bits per heavy atom. The molecule has 2 aliphatic rings. The molecular formula is C34H55F. The van der Waals surface area contributed by atoms with Crippen molar-refractivity contribution in [1.82, 2.24) is 0 Å². The summed E-state index contributed by atoms with van der Waals surface area (Å²) in [6.07, 6.45) is 30.4. The summed E-state index contributed by atoms with van der Waals surface area (Å²) in [5.74, 6) is 2.98. The highest BCUT2D eigenvalue weighted by molar-refractivity contribution is 5.25. The molecule has 0 heterocycles. The predicted molar refractivity (Wildman–Crippen MR) is 151 cm³/mol. The molecule has 0 aliphatic heterocycles. The molecule has 1 saturated carbocycles. The molecule has 0 N–H and O–H groups in total. The van der Waals surface area contributed by atoms with Gasteiger partial charge in [0.25, 0.3) is 0 Å². The monoisotopic (exact) mass is 482 g/mol. The van der Waals surface area contributed by atoms with E-state index in [2.05, 4.69) is 26.0 Å². The lowest BCUT2D eigenvalue weighted by Gasteiger charge is -2.30. The smallest absolute Gasteiger partial charge is 0.126 e. The molecule has 1 heteroatoms. The predicted octanol–water partition coefficient (Wildman–Crippen LogP) is 11.2. The Hall–Kier alpha value is -1.11. The van der Waals surface area contributed by atoms with E-state index in [0.717, 1.165) is 49.0 Å². The molecule has 1 aromatic carbocycles. The third-order valence-electron chi connectivity index (χ3n) is 9.18. The minimum absolute atomic E-state index is 0.0159. The van der Waals surface area contributed by atoms with Crippen LogP contribution in [0, 0.1) is 23.6 Å². The fraction of sp³-hybridized carbons (Fsp3) is 0.765. The van der Waals surface area contributed by atoms with Crippen LogP contribution >= 0.6 is 0 Å². The molecule has 0 spiro atoms. The molecule has 3 rings (SSSR count). The first-order valence-electron chi connectivity index (χ1n) is 15.6. The number of hydrogen-bond donors (Lipinski definition) is 0. The van der Waals surface area contributed by atoms with Gasteiger partial charge in [0, 0.05) is 0 Å². The van der Waals surface area contributed by atoms with Gasteiger partial charge in [-0.3, -0.25) is 0 Å². The van der Waals surface area contributed by atoms with E-state index in [0.29, 0.717) is 0 Å². The Bertz CT molecular complexity index is 724. The molecule has 0 saturated heterocycles. The van der Waals surface area contributed by atoms with E-state index in [4.69, 9.17) is 0 Å². The summed E-state index contributed by atoms with van der Waals surface area (Å²) in [4.78, 5) is 0.